The normalized spacial score (nSPS) is 9.96. The Morgan fingerprint density at radius 2 is 1.85 bits per heavy atom. The zero-order valence-electron chi connectivity index (χ0n) is 13.9. The summed E-state index contributed by atoms with van der Waals surface area (Å²) in [6, 6.07) is 19.0. The Kier molecular flexibility index (Phi) is 5.07. The highest BCUT2D eigenvalue weighted by Crippen LogP contribution is 2.42. The highest BCUT2D eigenvalue weighted by molar-refractivity contribution is 7.99. The number of ether oxygens (including phenoxy) is 1. The predicted octanol–water partition coefficient (Wildman–Crippen LogP) is 4.91. The first-order valence-corrected chi connectivity index (χ1v) is 8.48. The maximum absolute atomic E-state index is 9.78. The number of nitriles is 1. The van der Waals surface area contributed by atoms with Gasteiger partial charge < -0.3 is 10.5 Å². The molecule has 0 amide bonds. The van der Waals surface area contributed by atoms with Crippen LogP contribution in [0.4, 0.5) is 11.5 Å². The summed E-state index contributed by atoms with van der Waals surface area (Å²) < 4.78 is 5.18. The number of nitrogen functional groups attached to an aromatic ring is 1. The van der Waals surface area contributed by atoms with Gasteiger partial charge in [-0.1, -0.05) is 42.1 Å². The van der Waals surface area contributed by atoms with Gasteiger partial charge in [-0.3, -0.25) is 0 Å². The molecule has 5 nitrogen and oxygen atoms in total. The van der Waals surface area contributed by atoms with Crippen molar-refractivity contribution in [1.82, 2.24) is 4.98 Å². The molecule has 2 N–H and O–H groups in total. The highest BCUT2D eigenvalue weighted by Gasteiger charge is 2.21. The number of nitrogens with zero attached hydrogens (tertiary/aromatic N) is 3. The van der Waals surface area contributed by atoms with Gasteiger partial charge in [0.2, 0.25) is 5.69 Å². The van der Waals surface area contributed by atoms with Crippen molar-refractivity contribution in [1.29, 1.82) is 5.26 Å². The van der Waals surface area contributed by atoms with Gasteiger partial charge in [-0.2, -0.15) is 5.26 Å². The summed E-state index contributed by atoms with van der Waals surface area (Å²) in [6.07, 6.45) is 0. The van der Waals surface area contributed by atoms with Gasteiger partial charge in [-0.05, 0) is 29.8 Å². The zero-order chi connectivity index (χ0) is 18.5. The largest absolute Gasteiger partial charge is 0.497 e. The number of aromatic nitrogens is 1. The summed E-state index contributed by atoms with van der Waals surface area (Å²) in [4.78, 5) is 8.76. The minimum Gasteiger partial charge on any atom is -0.497 e. The Morgan fingerprint density at radius 1 is 1.15 bits per heavy atom. The number of pyridine rings is 1. The van der Waals surface area contributed by atoms with Gasteiger partial charge in [0.15, 0.2) is 0 Å². The van der Waals surface area contributed by atoms with E-state index < -0.39 is 0 Å². The van der Waals surface area contributed by atoms with Crippen LogP contribution >= 0.6 is 11.8 Å². The van der Waals surface area contributed by atoms with Crippen LogP contribution in [0.25, 0.3) is 16.0 Å². The molecular weight excluding hydrogens is 344 g/mol. The third-order valence-electron chi connectivity index (χ3n) is 3.73. The van der Waals surface area contributed by atoms with Crippen molar-refractivity contribution in [3.8, 4) is 22.9 Å². The number of rotatable bonds is 4. The summed E-state index contributed by atoms with van der Waals surface area (Å²) in [5.41, 5.74) is 7.77. The molecule has 0 atom stereocenters. The fourth-order valence-electron chi connectivity index (χ4n) is 2.50. The van der Waals surface area contributed by atoms with E-state index >= 15 is 0 Å². The molecular formula is C20H14N4OS. The van der Waals surface area contributed by atoms with Crippen LogP contribution in [0.15, 0.2) is 64.5 Å². The quantitative estimate of drug-likeness (QED) is 0.670. The van der Waals surface area contributed by atoms with Crippen LogP contribution in [0, 0.1) is 17.9 Å². The van der Waals surface area contributed by atoms with Crippen molar-refractivity contribution in [2.24, 2.45) is 0 Å². The first kappa shape index (κ1) is 17.3. The monoisotopic (exact) mass is 358 g/mol. The average Bonchev–Trinajstić information content (AvgIpc) is 2.68. The molecule has 1 aromatic heterocycles. The van der Waals surface area contributed by atoms with Crippen molar-refractivity contribution >= 4 is 23.3 Å². The molecule has 0 aliphatic heterocycles. The number of hydrogen-bond acceptors (Lipinski definition) is 5. The number of anilines is 1. The van der Waals surface area contributed by atoms with Crippen LogP contribution in [0.1, 0.15) is 5.56 Å². The van der Waals surface area contributed by atoms with Crippen molar-refractivity contribution in [2.45, 2.75) is 9.92 Å². The second kappa shape index (κ2) is 7.60. The third-order valence-corrected chi connectivity index (χ3v) is 4.72. The fraction of sp³-hybridized carbons (Fsp3) is 0.0500. The van der Waals surface area contributed by atoms with Crippen molar-refractivity contribution in [3.63, 3.8) is 0 Å². The van der Waals surface area contributed by atoms with Crippen LogP contribution in [0.5, 0.6) is 5.75 Å². The van der Waals surface area contributed by atoms with E-state index in [1.807, 2.05) is 30.3 Å². The fourth-order valence-corrected chi connectivity index (χ4v) is 3.41. The second-order valence-electron chi connectivity index (χ2n) is 5.27. The lowest BCUT2D eigenvalue weighted by Crippen LogP contribution is -1.99. The van der Waals surface area contributed by atoms with Gasteiger partial charge in [0.05, 0.1) is 19.2 Å². The molecule has 2 aromatic carbocycles. The topological polar surface area (TPSA) is 76.3 Å². The summed E-state index contributed by atoms with van der Waals surface area (Å²) >= 11 is 1.35. The maximum Gasteiger partial charge on any atom is 0.236 e. The van der Waals surface area contributed by atoms with E-state index in [1.165, 1.54) is 11.8 Å². The van der Waals surface area contributed by atoms with Gasteiger partial charge in [-0.15, -0.1) is 0 Å². The Balaban J connectivity index is 2.21. The SMILES string of the molecule is [C-]#[N+]c1c(N)nc(Sc2ccccc2)c(C#N)c1-c1ccc(OC)cc1. The number of hydrogen-bond donors (Lipinski definition) is 1. The van der Waals surface area contributed by atoms with E-state index in [4.69, 9.17) is 17.0 Å². The lowest BCUT2D eigenvalue weighted by Gasteiger charge is -2.13. The van der Waals surface area contributed by atoms with Crippen LogP contribution in [-0.4, -0.2) is 12.1 Å². The summed E-state index contributed by atoms with van der Waals surface area (Å²) in [6.45, 7) is 7.48. The molecule has 1 heterocycles. The molecule has 3 aromatic rings. The predicted molar refractivity (Wildman–Crippen MR) is 102 cm³/mol. The van der Waals surface area contributed by atoms with E-state index in [-0.39, 0.29) is 11.5 Å². The van der Waals surface area contributed by atoms with Crippen LogP contribution in [0.2, 0.25) is 0 Å². The first-order valence-electron chi connectivity index (χ1n) is 7.66. The minimum atomic E-state index is 0.114. The van der Waals surface area contributed by atoms with Gasteiger partial charge in [0.25, 0.3) is 0 Å². The Bertz CT molecular complexity index is 1020. The lowest BCUT2D eigenvalue weighted by molar-refractivity contribution is 0.415. The van der Waals surface area contributed by atoms with Gasteiger partial charge >= 0.3 is 0 Å². The molecule has 26 heavy (non-hydrogen) atoms. The molecule has 0 spiro atoms. The van der Waals surface area contributed by atoms with Gasteiger partial charge in [0.1, 0.15) is 22.7 Å². The standard InChI is InChI=1S/C20H14N4OS/c1-23-18-17(13-8-10-14(25-2)11-9-13)16(12-21)20(24-19(18)22)26-15-6-4-3-5-7-15/h3-11H,2H3,(H2,22,24). The molecule has 6 heteroatoms. The van der Waals surface area contributed by atoms with E-state index in [9.17, 15) is 5.26 Å². The minimum absolute atomic E-state index is 0.114. The molecule has 0 unspecified atom stereocenters. The number of nitrogens with two attached hydrogens (primary N) is 1. The maximum atomic E-state index is 9.78. The first-order chi connectivity index (χ1) is 12.7. The number of methoxy groups -OCH3 is 1. The zero-order valence-corrected chi connectivity index (χ0v) is 14.7. The van der Waals surface area contributed by atoms with E-state index in [0.717, 1.165) is 10.5 Å². The van der Waals surface area contributed by atoms with Crippen LogP contribution in [-0.2, 0) is 0 Å². The van der Waals surface area contributed by atoms with Gasteiger partial charge in [0, 0.05) is 10.5 Å². The lowest BCUT2D eigenvalue weighted by atomic mass is 10.00. The molecule has 0 radical (unpaired) electrons. The van der Waals surface area contributed by atoms with Crippen LogP contribution in [0.3, 0.4) is 0 Å². The molecule has 0 aliphatic carbocycles. The van der Waals surface area contributed by atoms with Crippen molar-refractivity contribution in [2.75, 3.05) is 12.8 Å². The molecule has 0 saturated carbocycles. The Hall–Kier alpha value is -3.48. The van der Waals surface area contributed by atoms with E-state index in [1.54, 1.807) is 31.4 Å². The molecule has 3 rings (SSSR count). The Labute approximate surface area is 155 Å². The van der Waals surface area contributed by atoms with Crippen LogP contribution < -0.4 is 10.5 Å². The molecule has 0 saturated heterocycles. The second-order valence-corrected chi connectivity index (χ2v) is 6.33. The van der Waals surface area contributed by atoms with E-state index in [0.29, 0.717) is 21.9 Å². The molecule has 0 aliphatic rings. The summed E-state index contributed by atoms with van der Waals surface area (Å²) in [5.74, 6) is 0.806. The van der Waals surface area contributed by atoms with Crippen molar-refractivity contribution < 1.29 is 4.74 Å². The molecule has 126 valence electrons. The van der Waals surface area contributed by atoms with Gasteiger partial charge in [-0.25, -0.2) is 9.83 Å². The third kappa shape index (κ3) is 3.32. The van der Waals surface area contributed by atoms with E-state index in [2.05, 4.69) is 15.9 Å². The summed E-state index contributed by atoms with van der Waals surface area (Å²) in [5, 5.41) is 10.3. The molecule has 0 fully saturated rings. The smallest absolute Gasteiger partial charge is 0.236 e. The molecule has 0 bridgehead atoms. The average molecular weight is 358 g/mol. The Morgan fingerprint density at radius 3 is 2.42 bits per heavy atom. The van der Waals surface area contributed by atoms with Crippen molar-refractivity contribution in [3.05, 3.63) is 71.6 Å². The number of benzene rings is 2. The summed E-state index contributed by atoms with van der Waals surface area (Å²) in [7, 11) is 1.58. The highest BCUT2D eigenvalue weighted by atomic mass is 32.2.